The molecule has 2 aromatic carbocycles. The molecule has 7 nitrogen and oxygen atoms in total. The number of hydrogen-bond donors (Lipinski definition) is 3. The van der Waals surface area contributed by atoms with Crippen LogP contribution in [0.4, 0.5) is 10.5 Å². The van der Waals surface area contributed by atoms with Gasteiger partial charge in [0.1, 0.15) is 5.75 Å². The first-order valence-corrected chi connectivity index (χ1v) is 8.98. The van der Waals surface area contributed by atoms with Crippen LogP contribution in [-0.4, -0.2) is 45.2 Å². The number of urea groups is 1. The average molecular weight is 369 g/mol. The number of methoxy groups -OCH3 is 1. The fourth-order valence-corrected chi connectivity index (χ4v) is 3.63. The highest BCUT2D eigenvalue weighted by Crippen LogP contribution is 2.27. The van der Waals surface area contributed by atoms with E-state index in [-0.39, 0.29) is 5.91 Å². The van der Waals surface area contributed by atoms with Gasteiger partial charge in [-0.2, -0.15) is 0 Å². The van der Waals surface area contributed by atoms with Gasteiger partial charge in [-0.3, -0.25) is 10.1 Å². The number of primary amides is 1. The van der Waals surface area contributed by atoms with Crippen molar-refractivity contribution in [3.05, 3.63) is 60.2 Å². The van der Waals surface area contributed by atoms with Crippen molar-refractivity contribution in [3.63, 3.8) is 0 Å². The number of imide groups is 1. The van der Waals surface area contributed by atoms with Gasteiger partial charge in [0.15, 0.2) is 6.04 Å². The molecule has 1 aliphatic heterocycles. The number of piperazine rings is 1. The Bertz CT molecular complexity index is 789. The molecular formula is C20H25N4O3+. The molecule has 0 radical (unpaired) electrons. The highest BCUT2D eigenvalue weighted by molar-refractivity contribution is 5.96. The van der Waals surface area contributed by atoms with Gasteiger partial charge in [-0.05, 0) is 12.1 Å². The number of nitrogens with two attached hydrogens (primary N) is 1. The van der Waals surface area contributed by atoms with E-state index in [4.69, 9.17) is 10.5 Å². The van der Waals surface area contributed by atoms with Crippen LogP contribution in [0.15, 0.2) is 54.6 Å². The summed E-state index contributed by atoms with van der Waals surface area (Å²) in [6, 6.07) is 16.1. The Morgan fingerprint density at radius 3 is 2.33 bits per heavy atom. The smallest absolute Gasteiger partial charge is 0.319 e. The summed E-state index contributed by atoms with van der Waals surface area (Å²) in [6.07, 6.45) is 0. The second-order valence-corrected chi connectivity index (χ2v) is 6.51. The Morgan fingerprint density at radius 1 is 1.07 bits per heavy atom. The predicted octanol–water partition coefficient (Wildman–Crippen LogP) is 0.336. The number of benzene rings is 2. The Hall–Kier alpha value is -3.06. The molecule has 0 bridgehead atoms. The van der Waals surface area contributed by atoms with E-state index < -0.39 is 12.1 Å². The molecule has 3 amide bonds. The minimum Gasteiger partial charge on any atom is -0.495 e. The number of ether oxygens (including phenoxy) is 1. The van der Waals surface area contributed by atoms with E-state index in [0.717, 1.165) is 48.1 Å². The Kier molecular flexibility index (Phi) is 5.93. The topological polar surface area (TPSA) is 89.1 Å². The molecule has 1 atom stereocenters. The number of carbonyl (C=O) groups is 2. The molecule has 1 aliphatic rings. The normalized spacial score (nSPS) is 15.8. The SMILES string of the molecule is COc1ccccc1N1CC[NH+]([C@@H](C(=O)NC(N)=O)c2ccccc2)CC1. The molecule has 0 unspecified atom stereocenters. The summed E-state index contributed by atoms with van der Waals surface area (Å²) >= 11 is 0. The molecular weight excluding hydrogens is 344 g/mol. The molecule has 0 spiro atoms. The van der Waals surface area contributed by atoms with E-state index in [0.29, 0.717) is 0 Å². The zero-order valence-electron chi connectivity index (χ0n) is 15.4. The Labute approximate surface area is 158 Å². The molecule has 4 N–H and O–H groups in total. The molecule has 1 fully saturated rings. The van der Waals surface area contributed by atoms with Crippen LogP contribution in [0.5, 0.6) is 5.75 Å². The van der Waals surface area contributed by atoms with Crippen molar-refractivity contribution >= 4 is 17.6 Å². The summed E-state index contributed by atoms with van der Waals surface area (Å²) in [5.41, 5.74) is 7.09. The van der Waals surface area contributed by atoms with Crippen LogP contribution in [0.25, 0.3) is 0 Å². The third kappa shape index (κ3) is 4.38. The molecule has 27 heavy (non-hydrogen) atoms. The lowest BCUT2D eigenvalue weighted by molar-refractivity contribution is -0.922. The van der Waals surface area contributed by atoms with Crippen LogP contribution in [-0.2, 0) is 4.79 Å². The zero-order chi connectivity index (χ0) is 19.2. The van der Waals surface area contributed by atoms with Crippen molar-refractivity contribution in [1.82, 2.24) is 5.32 Å². The number of hydrogen-bond acceptors (Lipinski definition) is 4. The first-order chi connectivity index (χ1) is 13.1. The first-order valence-electron chi connectivity index (χ1n) is 8.98. The van der Waals surface area contributed by atoms with Crippen molar-refractivity contribution in [1.29, 1.82) is 0 Å². The van der Waals surface area contributed by atoms with Crippen LogP contribution >= 0.6 is 0 Å². The van der Waals surface area contributed by atoms with Gasteiger partial charge in [-0.15, -0.1) is 0 Å². The van der Waals surface area contributed by atoms with E-state index in [1.54, 1.807) is 7.11 Å². The number of nitrogens with one attached hydrogen (secondary N) is 2. The molecule has 0 aliphatic carbocycles. The maximum atomic E-state index is 12.6. The van der Waals surface area contributed by atoms with Gasteiger partial charge in [0.25, 0.3) is 5.91 Å². The lowest BCUT2D eigenvalue weighted by Crippen LogP contribution is -3.16. The summed E-state index contributed by atoms with van der Waals surface area (Å²) in [4.78, 5) is 27.2. The van der Waals surface area contributed by atoms with Crippen molar-refractivity contribution in [2.24, 2.45) is 5.73 Å². The zero-order valence-corrected chi connectivity index (χ0v) is 15.4. The van der Waals surface area contributed by atoms with Crippen LogP contribution in [0.1, 0.15) is 11.6 Å². The van der Waals surface area contributed by atoms with E-state index in [2.05, 4.69) is 10.2 Å². The molecule has 1 saturated heterocycles. The van der Waals surface area contributed by atoms with Gasteiger partial charge in [0.2, 0.25) is 0 Å². The van der Waals surface area contributed by atoms with E-state index in [1.807, 2.05) is 54.6 Å². The van der Waals surface area contributed by atoms with Gasteiger partial charge in [-0.25, -0.2) is 4.79 Å². The van der Waals surface area contributed by atoms with E-state index >= 15 is 0 Å². The molecule has 1 heterocycles. The largest absolute Gasteiger partial charge is 0.495 e. The standard InChI is InChI=1S/C20H24N4O3/c1-27-17-10-6-5-9-16(17)23-11-13-24(14-12-23)18(19(25)22-20(21)26)15-7-3-2-4-8-15/h2-10,18H,11-14H2,1H3,(H3,21,22,25,26)/p+1/t18-/m1/s1. The predicted molar refractivity (Wildman–Crippen MR) is 103 cm³/mol. The summed E-state index contributed by atoms with van der Waals surface area (Å²) < 4.78 is 5.46. The number of anilines is 1. The van der Waals surface area contributed by atoms with Crippen LogP contribution in [0, 0.1) is 0 Å². The van der Waals surface area contributed by atoms with Crippen molar-refractivity contribution in [2.75, 3.05) is 38.2 Å². The molecule has 7 heteroatoms. The summed E-state index contributed by atoms with van der Waals surface area (Å²) in [6.45, 7) is 3.07. The van der Waals surface area contributed by atoms with E-state index in [9.17, 15) is 9.59 Å². The Morgan fingerprint density at radius 2 is 1.70 bits per heavy atom. The number of rotatable bonds is 5. The number of quaternary nitrogens is 1. The maximum absolute atomic E-state index is 12.6. The Balaban J connectivity index is 1.76. The van der Waals surface area contributed by atoms with E-state index in [1.165, 1.54) is 0 Å². The summed E-state index contributed by atoms with van der Waals surface area (Å²) in [5, 5.41) is 2.25. The highest BCUT2D eigenvalue weighted by Gasteiger charge is 2.35. The molecule has 2 aromatic rings. The quantitative estimate of drug-likeness (QED) is 0.709. The van der Waals surface area contributed by atoms with Gasteiger partial charge < -0.3 is 20.3 Å². The maximum Gasteiger partial charge on any atom is 0.319 e. The van der Waals surface area contributed by atoms with Gasteiger partial charge >= 0.3 is 6.03 Å². The third-order valence-electron chi connectivity index (χ3n) is 4.88. The number of carbonyl (C=O) groups excluding carboxylic acids is 2. The number of para-hydroxylation sites is 2. The molecule has 3 rings (SSSR count). The fourth-order valence-electron chi connectivity index (χ4n) is 3.63. The van der Waals surface area contributed by atoms with Gasteiger partial charge in [0, 0.05) is 5.56 Å². The monoisotopic (exact) mass is 369 g/mol. The minimum absolute atomic E-state index is 0.366. The van der Waals surface area contributed by atoms with Gasteiger partial charge in [-0.1, -0.05) is 42.5 Å². The molecule has 0 aromatic heterocycles. The lowest BCUT2D eigenvalue weighted by Gasteiger charge is -2.37. The summed E-state index contributed by atoms with van der Waals surface area (Å²) in [7, 11) is 1.67. The molecule has 0 saturated carbocycles. The third-order valence-corrected chi connectivity index (χ3v) is 4.88. The second-order valence-electron chi connectivity index (χ2n) is 6.51. The molecule has 142 valence electrons. The summed E-state index contributed by atoms with van der Waals surface area (Å²) in [5.74, 6) is 0.474. The lowest BCUT2D eigenvalue weighted by atomic mass is 10.0. The van der Waals surface area contributed by atoms with Crippen molar-refractivity contribution in [3.8, 4) is 5.75 Å². The second kappa shape index (κ2) is 8.55. The first kappa shape index (κ1) is 18.7. The average Bonchev–Trinajstić information content (AvgIpc) is 2.69. The van der Waals surface area contributed by atoms with Crippen molar-refractivity contribution < 1.29 is 19.2 Å². The minimum atomic E-state index is -0.826. The van der Waals surface area contributed by atoms with Crippen LogP contribution in [0.2, 0.25) is 0 Å². The van der Waals surface area contributed by atoms with Crippen LogP contribution in [0.3, 0.4) is 0 Å². The van der Waals surface area contributed by atoms with Crippen molar-refractivity contribution in [2.45, 2.75) is 6.04 Å². The van der Waals surface area contributed by atoms with Gasteiger partial charge in [0.05, 0.1) is 39.0 Å². The number of amides is 3. The number of nitrogens with zero attached hydrogens (tertiary/aromatic N) is 1. The highest BCUT2D eigenvalue weighted by atomic mass is 16.5. The van der Waals surface area contributed by atoms with Crippen LogP contribution < -0.4 is 25.6 Å². The fraction of sp³-hybridized carbons (Fsp3) is 0.300.